The van der Waals surface area contributed by atoms with Gasteiger partial charge in [0.05, 0.1) is 5.52 Å². The molecule has 0 aliphatic carbocycles. The molecule has 2 aromatic heterocycles. The highest BCUT2D eigenvalue weighted by molar-refractivity contribution is 6.31. The molecular weight excluding hydrogens is 352 g/mol. The van der Waals surface area contributed by atoms with Gasteiger partial charge in [-0.25, -0.2) is 4.68 Å². The Morgan fingerprint density at radius 2 is 1.85 bits per heavy atom. The second-order valence-electron chi connectivity index (χ2n) is 5.92. The summed E-state index contributed by atoms with van der Waals surface area (Å²) in [5.41, 5.74) is 1.90. The first-order chi connectivity index (χ1) is 12.6. The van der Waals surface area contributed by atoms with Crippen LogP contribution < -0.4 is 10.9 Å². The third kappa shape index (κ3) is 2.95. The normalized spacial score (nSPS) is 11.1. The van der Waals surface area contributed by atoms with Crippen LogP contribution in [0.5, 0.6) is 0 Å². The highest BCUT2D eigenvalue weighted by Crippen LogP contribution is 2.17. The number of hydrogen-bond acceptors (Lipinski definition) is 3. The summed E-state index contributed by atoms with van der Waals surface area (Å²) in [6.07, 6.45) is 1.56. The number of benzene rings is 2. The first-order valence-electron chi connectivity index (χ1n) is 8.09. The maximum atomic E-state index is 12.6. The lowest BCUT2D eigenvalue weighted by molar-refractivity contribution is -0.122. The predicted molar refractivity (Wildman–Crippen MR) is 100 cm³/mol. The van der Waals surface area contributed by atoms with E-state index in [1.807, 2.05) is 42.5 Å². The number of hydrogen-bond donors (Lipinski definition) is 1. The first kappa shape index (κ1) is 16.4. The lowest BCUT2D eigenvalue weighted by Gasteiger charge is -2.08. The molecule has 0 saturated heterocycles. The van der Waals surface area contributed by atoms with E-state index in [1.54, 1.807) is 22.9 Å². The lowest BCUT2D eigenvalue weighted by atomic mass is 10.2. The van der Waals surface area contributed by atoms with Gasteiger partial charge in [0.1, 0.15) is 18.4 Å². The van der Waals surface area contributed by atoms with E-state index in [2.05, 4.69) is 10.4 Å². The van der Waals surface area contributed by atoms with E-state index in [0.29, 0.717) is 17.1 Å². The Balaban J connectivity index is 1.56. The average Bonchev–Trinajstić information content (AvgIpc) is 3.03. The molecule has 0 unspecified atom stereocenters. The number of aromatic nitrogens is 3. The van der Waals surface area contributed by atoms with Crippen LogP contribution in [0.4, 0.5) is 0 Å². The minimum absolute atomic E-state index is 0.151. The largest absolute Gasteiger partial charge is 0.350 e. The number of amides is 1. The highest BCUT2D eigenvalue weighted by atomic mass is 35.5. The van der Waals surface area contributed by atoms with E-state index in [4.69, 9.17) is 11.6 Å². The Morgan fingerprint density at radius 1 is 1.08 bits per heavy atom. The maximum absolute atomic E-state index is 12.6. The van der Waals surface area contributed by atoms with E-state index in [9.17, 15) is 9.59 Å². The van der Waals surface area contributed by atoms with Crippen molar-refractivity contribution in [1.29, 1.82) is 0 Å². The van der Waals surface area contributed by atoms with Gasteiger partial charge >= 0.3 is 0 Å². The molecule has 0 atom stereocenters. The third-order valence-electron chi connectivity index (χ3n) is 4.24. The molecular formula is C19H15ClN4O2. The molecule has 26 heavy (non-hydrogen) atoms. The van der Waals surface area contributed by atoms with Crippen molar-refractivity contribution in [2.75, 3.05) is 0 Å². The van der Waals surface area contributed by atoms with Gasteiger partial charge in [-0.1, -0.05) is 48.0 Å². The molecule has 1 amide bonds. The highest BCUT2D eigenvalue weighted by Gasteiger charge is 2.11. The van der Waals surface area contributed by atoms with E-state index < -0.39 is 0 Å². The maximum Gasteiger partial charge on any atom is 0.291 e. The predicted octanol–water partition coefficient (Wildman–Crippen LogP) is 2.62. The molecule has 0 aliphatic rings. The fourth-order valence-corrected chi connectivity index (χ4v) is 3.11. The summed E-state index contributed by atoms with van der Waals surface area (Å²) in [4.78, 5) is 24.8. The molecule has 4 rings (SSSR count). The zero-order chi connectivity index (χ0) is 18.1. The van der Waals surface area contributed by atoms with Crippen molar-refractivity contribution in [1.82, 2.24) is 19.5 Å². The van der Waals surface area contributed by atoms with Crippen LogP contribution in [-0.2, 0) is 17.9 Å². The summed E-state index contributed by atoms with van der Waals surface area (Å²) in [5.74, 6) is -0.306. The van der Waals surface area contributed by atoms with Gasteiger partial charge in [-0.3, -0.25) is 14.0 Å². The summed E-state index contributed by atoms with van der Waals surface area (Å²) < 4.78 is 2.89. The zero-order valence-electron chi connectivity index (χ0n) is 13.7. The summed E-state index contributed by atoms with van der Waals surface area (Å²) in [6, 6.07) is 16.8. The summed E-state index contributed by atoms with van der Waals surface area (Å²) in [6.45, 7) is 0.145. The quantitative estimate of drug-likeness (QED) is 0.603. The smallest absolute Gasteiger partial charge is 0.291 e. The van der Waals surface area contributed by atoms with Crippen molar-refractivity contribution in [3.63, 3.8) is 0 Å². The van der Waals surface area contributed by atoms with Crippen molar-refractivity contribution in [3.8, 4) is 0 Å². The van der Waals surface area contributed by atoms with Crippen LogP contribution in [0.2, 0.25) is 5.02 Å². The van der Waals surface area contributed by atoms with Crippen LogP contribution in [0.3, 0.4) is 0 Å². The summed E-state index contributed by atoms with van der Waals surface area (Å²) in [5, 5.41) is 8.42. The van der Waals surface area contributed by atoms with Crippen LogP contribution in [0.1, 0.15) is 5.56 Å². The summed E-state index contributed by atoms with van der Waals surface area (Å²) in [7, 11) is 0. The second-order valence-corrected chi connectivity index (χ2v) is 6.33. The minimum Gasteiger partial charge on any atom is -0.350 e. The summed E-state index contributed by atoms with van der Waals surface area (Å²) >= 11 is 6.08. The molecule has 0 aliphatic heterocycles. The van der Waals surface area contributed by atoms with Gasteiger partial charge in [-0.05, 0) is 23.8 Å². The van der Waals surface area contributed by atoms with Gasteiger partial charge in [-0.2, -0.15) is 5.10 Å². The number of nitrogens with zero attached hydrogens (tertiary/aromatic N) is 3. The van der Waals surface area contributed by atoms with Crippen molar-refractivity contribution < 1.29 is 4.79 Å². The average molecular weight is 367 g/mol. The van der Waals surface area contributed by atoms with Gasteiger partial charge < -0.3 is 5.32 Å². The number of halogens is 1. The van der Waals surface area contributed by atoms with Crippen LogP contribution in [0.25, 0.3) is 16.4 Å². The van der Waals surface area contributed by atoms with E-state index in [-0.39, 0.29) is 18.0 Å². The van der Waals surface area contributed by atoms with Crippen LogP contribution >= 0.6 is 11.6 Å². The lowest BCUT2D eigenvalue weighted by Crippen LogP contribution is -2.34. The Hall–Kier alpha value is -3.12. The standard InChI is InChI=1S/C19H15ClN4O2/c20-15-7-3-1-6-14(15)10-21-18(25)11-24-19(26)17-9-13-5-2-4-8-16(13)23(17)12-22-24/h1-9,12H,10-11H2,(H,21,25). The van der Waals surface area contributed by atoms with Gasteiger partial charge in [0.2, 0.25) is 5.91 Å². The van der Waals surface area contributed by atoms with E-state index in [0.717, 1.165) is 21.1 Å². The minimum atomic E-state index is -0.309. The van der Waals surface area contributed by atoms with Gasteiger partial charge in [0, 0.05) is 17.0 Å². The number of rotatable bonds is 4. The Bertz CT molecular complexity index is 1180. The molecule has 0 radical (unpaired) electrons. The van der Waals surface area contributed by atoms with Crippen LogP contribution in [0, 0.1) is 0 Å². The van der Waals surface area contributed by atoms with E-state index in [1.165, 1.54) is 0 Å². The molecule has 0 spiro atoms. The fraction of sp³-hybridized carbons (Fsp3) is 0.105. The zero-order valence-corrected chi connectivity index (χ0v) is 14.5. The number of para-hydroxylation sites is 1. The number of fused-ring (bicyclic) bond motifs is 3. The van der Waals surface area contributed by atoms with Crippen molar-refractivity contribution >= 4 is 33.9 Å². The van der Waals surface area contributed by atoms with Gasteiger partial charge in [0.15, 0.2) is 0 Å². The third-order valence-corrected chi connectivity index (χ3v) is 4.60. The van der Waals surface area contributed by atoms with Crippen LogP contribution in [0.15, 0.2) is 65.7 Å². The SMILES string of the molecule is O=C(Cn1ncn2c(cc3ccccc32)c1=O)NCc1ccccc1Cl. The first-order valence-corrected chi connectivity index (χ1v) is 8.47. The Labute approximate surface area is 153 Å². The molecule has 2 heterocycles. The molecule has 1 N–H and O–H groups in total. The molecule has 0 saturated carbocycles. The van der Waals surface area contributed by atoms with E-state index >= 15 is 0 Å². The number of nitrogens with one attached hydrogen (secondary N) is 1. The molecule has 130 valence electrons. The fourth-order valence-electron chi connectivity index (χ4n) is 2.90. The van der Waals surface area contributed by atoms with Gasteiger partial charge in [0.25, 0.3) is 5.56 Å². The van der Waals surface area contributed by atoms with Crippen LogP contribution in [-0.4, -0.2) is 20.1 Å². The number of carbonyl (C=O) groups is 1. The molecule has 4 aromatic rings. The molecule has 6 nitrogen and oxygen atoms in total. The monoisotopic (exact) mass is 366 g/mol. The van der Waals surface area contributed by atoms with Gasteiger partial charge in [-0.15, -0.1) is 0 Å². The van der Waals surface area contributed by atoms with Crippen molar-refractivity contribution in [2.24, 2.45) is 0 Å². The second kappa shape index (κ2) is 6.65. The molecule has 2 aromatic carbocycles. The number of carbonyl (C=O) groups excluding carboxylic acids is 1. The molecule has 0 fully saturated rings. The Morgan fingerprint density at radius 3 is 2.69 bits per heavy atom. The van der Waals surface area contributed by atoms with Crippen molar-refractivity contribution in [3.05, 3.63) is 81.9 Å². The van der Waals surface area contributed by atoms with Crippen molar-refractivity contribution in [2.45, 2.75) is 13.1 Å². The molecule has 7 heteroatoms. The Kier molecular flexibility index (Phi) is 4.18. The topological polar surface area (TPSA) is 68.4 Å². The molecule has 0 bridgehead atoms.